The molecule has 2 aromatic carbocycles. The minimum absolute atomic E-state index is 0.132. The van der Waals surface area contributed by atoms with Crippen LogP contribution in [0.15, 0.2) is 42.5 Å². The van der Waals surface area contributed by atoms with Gasteiger partial charge in [0.15, 0.2) is 5.11 Å². The molecule has 2 rings (SSSR count). The predicted octanol–water partition coefficient (Wildman–Crippen LogP) is 3.90. The highest BCUT2D eigenvalue weighted by atomic mass is 32.1. The van der Waals surface area contributed by atoms with E-state index in [4.69, 9.17) is 12.2 Å². The van der Waals surface area contributed by atoms with Gasteiger partial charge in [-0.05, 0) is 61.1 Å². The maximum atomic E-state index is 13.7. The largest absolute Gasteiger partial charge is 0.332 e. The molecule has 0 aliphatic rings. The van der Waals surface area contributed by atoms with E-state index in [1.807, 2.05) is 6.92 Å². The van der Waals surface area contributed by atoms with Crippen LogP contribution in [-0.4, -0.2) is 11.0 Å². The first-order valence-electron chi connectivity index (χ1n) is 6.66. The van der Waals surface area contributed by atoms with Gasteiger partial charge in [0.2, 0.25) is 5.91 Å². The van der Waals surface area contributed by atoms with Gasteiger partial charge in [0, 0.05) is 18.3 Å². The molecule has 22 heavy (non-hydrogen) atoms. The summed E-state index contributed by atoms with van der Waals surface area (Å²) in [5.41, 5.74) is 2.69. The van der Waals surface area contributed by atoms with E-state index in [0.717, 1.165) is 11.3 Å². The van der Waals surface area contributed by atoms with Crippen LogP contribution in [0.1, 0.15) is 12.5 Å². The van der Waals surface area contributed by atoms with Crippen molar-refractivity contribution < 1.29 is 9.18 Å². The van der Waals surface area contributed by atoms with Crippen molar-refractivity contribution in [3.63, 3.8) is 0 Å². The van der Waals surface area contributed by atoms with Gasteiger partial charge >= 0.3 is 0 Å². The lowest BCUT2D eigenvalue weighted by molar-refractivity contribution is -0.114. The molecule has 0 aliphatic carbocycles. The number of nitrogens with one attached hydrogen (secondary N) is 3. The Labute approximate surface area is 133 Å². The summed E-state index contributed by atoms with van der Waals surface area (Å²) < 4.78 is 13.7. The lowest BCUT2D eigenvalue weighted by Crippen LogP contribution is -2.19. The Hall–Kier alpha value is -2.47. The van der Waals surface area contributed by atoms with E-state index in [9.17, 15) is 9.18 Å². The minimum atomic E-state index is -0.365. The fraction of sp³-hybridized carbons (Fsp3) is 0.125. The molecule has 0 saturated heterocycles. The zero-order valence-corrected chi connectivity index (χ0v) is 13.1. The summed E-state index contributed by atoms with van der Waals surface area (Å²) in [7, 11) is 0. The zero-order chi connectivity index (χ0) is 16.1. The highest BCUT2D eigenvalue weighted by Gasteiger charge is 2.05. The monoisotopic (exact) mass is 317 g/mol. The van der Waals surface area contributed by atoms with Crippen LogP contribution in [0.4, 0.5) is 21.5 Å². The van der Waals surface area contributed by atoms with Gasteiger partial charge in [-0.2, -0.15) is 0 Å². The fourth-order valence-electron chi connectivity index (χ4n) is 1.86. The molecule has 3 N–H and O–H groups in total. The number of hydrogen-bond acceptors (Lipinski definition) is 2. The first kappa shape index (κ1) is 15.9. The third-order valence-electron chi connectivity index (χ3n) is 2.83. The number of rotatable bonds is 3. The summed E-state index contributed by atoms with van der Waals surface area (Å²) in [6, 6.07) is 11.8. The quantitative estimate of drug-likeness (QED) is 0.752. The summed E-state index contributed by atoms with van der Waals surface area (Å²) in [5, 5.41) is 8.74. The molecule has 0 atom stereocenters. The lowest BCUT2D eigenvalue weighted by Gasteiger charge is -2.12. The van der Waals surface area contributed by atoms with Crippen LogP contribution >= 0.6 is 12.2 Å². The second-order valence-corrected chi connectivity index (χ2v) is 5.23. The van der Waals surface area contributed by atoms with E-state index < -0.39 is 0 Å². The summed E-state index contributed by atoms with van der Waals surface area (Å²) in [6.45, 7) is 3.32. The maximum absolute atomic E-state index is 13.7. The highest BCUT2D eigenvalue weighted by Crippen LogP contribution is 2.17. The average Bonchev–Trinajstić information content (AvgIpc) is 2.44. The summed E-state index contributed by atoms with van der Waals surface area (Å²) in [5.74, 6) is -0.497. The van der Waals surface area contributed by atoms with E-state index in [2.05, 4.69) is 16.0 Å². The van der Waals surface area contributed by atoms with E-state index in [1.54, 1.807) is 36.4 Å². The van der Waals surface area contributed by atoms with E-state index in [1.165, 1.54) is 13.0 Å². The minimum Gasteiger partial charge on any atom is -0.332 e. The van der Waals surface area contributed by atoms with Crippen molar-refractivity contribution in [2.45, 2.75) is 13.8 Å². The zero-order valence-electron chi connectivity index (χ0n) is 12.2. The Morgan fingerprint density at radius 3 is 2.18 bits per heavy atom. The normalized spacial score (nSPS) is 9.95. The summed E-state index contributed by atoms with van der Waals surface area (Å²) >= 11 is 5.17. The lowest BCUT2D eigenvalue weighted by atomic mass is 10.2. The maximum Gasteiger partial charge on any atom is 0.221 e. The number of aryl methyl sites for hydroxylation is 1. The molecule has 114 valence electrons. The first-order valence-corrected chi connectivity index (χ1v) is 7.06. The van der Waals surface area contributed by atoms with Gasteiger partial charge in [-0.3, -0.25) is 4.79 Å². The van der Waals surface area contributed by atoms with Crippen molar-refractivity contribution in [2.75, 3.05) is 16.0 Å². The molecule has 0 fully saturated rings. The predicted molar refractivity (Wildman–Crippen MR) is 91.7 cm³/mol. The smallest absolute Gasteiger partial charge is 0.221 e. The molecule has 2 aromatic rings. The molecule has 0 unspecified atom stereocenters. The summed E-state index contributed by atoms with van der Waals surface area (Å²) in [4.78, 5) is 10.9. The number of benzene rings is 2. The Balaban J connectivity index is 1.99. The number of carbonyl (C=O) groups is 1. The van der Waals surface area contributed by atoms with Crippen molar-refractivity contribution >= 4 is 40.3 Å². The van der Waals surface area contributed by atoms with Crippen LogP contribution in [0, 0.1) is 12.7 Å². The molecule has 0 saturated carbocycles. The third-order valence-corrected chi connectivity index (χ3v) is 3.04. The second-order valence-electron chi connectivity index (χ2n) is 4.82. The molecule has 0 spiro atoms. The van der Waals surface area contributed by atoms with Crippen molar-refractivity contribution in [2.24, 2.45) is 0 Å². The average molecular weight is 317 g/mol. The van der Waals surface area contributed by atoms with Crippen molar-refractivity contribution in [1.82, 2.24) is 0 Å². The molecular weight excluding hydrogens is 301 g/mol. The van der Waals surface area contributed by atoms with E-state index in [-0.39, 0.29) is 16.8 Å². The fourth-order valence-corrected chi connectivity index (χ4v) is 2.09. The Bertz CT molecular complexity index is 701. The standard InChI is InChI=1S/C16H16FN3OS/c1-10-3-8-14(17)15(9-10)20-16(22)19-13-6-4-12(5-7-13)18-11(2)21/h3-9H,1-2H3,(H,18,21)(H2,19,20,22). The topological polar surface area (TPSA) is 53.2 Å². The van der Waals surface area contributed by atoms with Crippen molar-refractivity contribution in [3.05, 3.63) is 53.8 Å². The van der Waals surface area contributed by atoms with Crippen LogP contribution in [0.25, 0.3) is 0 Å². The second kappa shape index (κ2) is 7.00. The molecule has 0 aromatic heterocycles. The van der Waals surface area contributed by atoms with Gasteiger partial charge < -0.3 is 16.0 Å². The van der Waals surface area contributed by atoms with E-state index >= 15 is 0 Å². The number of hydrogen-bond donors (Lipinski definition) is 3. The van der Waals surface area contributed by atoms with E-state index in [0.29, 0.717) is 11.4 Å². The van der Waals surface area contributed by atoms with Crippen LogP contribution in [0.3, 0.4) is 0 Å². The van der Waals surface area contributed by atoms with Crippen molar-refractivity contribution in [3.8, 4) is 0 Å². The van der Waals surface area contributed by atoms with Crippen LogP contribution in [0.2, 0.25) is 0 Å². The molecule has 6 heteroatoms. The molecular formula is C16H16FN3OS. The molecule has 1 amide bonds. The van der Waals surface area contributed by atoms with Gasteiger partial charge in [-0.15, -0.1) is 0 Å². The Morgan fingerprint density at radius 1 is 1.00 bits per heavy atom. The Kier molecular flexibility index (Phi) is 5.06. The van der Waals surface area contributed by atoms with Gasteiger partial charge in [0.05, 0.1) is 5.69 Å². The van der Waals surface area contributed by atoms with Gasteiger partial charge in [-0.25, -0.2) is 4.39 Å². The number of thiocarbonyl (C=S) groups is 1. The number of anilines is 3. The number of carbonyl (C=O) groups excluding carboxylic acids is 1. The summed E-state index contributed by atoms with van der Waals surface area (Å²) in [6.07, 6.45) is 0. The molecule has 0 aliphatic heterocycles. The van der Waals surface area contributed by atoms with Gasteiger partial charge in [-0.1, -0.05) is 6.07 Å². The molecule has 0 heterocycles. The highest BCUT2D eigenvalue weighted by molar-refractivity contribution is 7.80. The molecule has 0 bridgehead atoms. The molecule has 0 radical (unpaired) electrons. The number of halogens is 1. The Morgan fingerprint density at radius 2 is 1.59 bits per heavy atom. The van der Waals surface area contributed by atoms with Crippen LogP contribution < -0.4 is 16.0 Å². The van der Waals surface area contributed by atoms with Crippen LogP contribution in [0.5, 0.6) is 0 Å². The SMILES string of the molecule is CC(=O)Nc1ccc(NC(=S)Nc2cc(C)ccc2F)cc1. The number of amides is 1. The third kappa shape index (κ3) is 4.53. The van der Waals surface area contributed by atoms with Gasteiger partial charge in [0.25, 0.3) is 0 Å². The van der Waals surface area contributed by atoms with Gasteiger partial charge in [0.1, 0.15) is 5.82 Å². The van der Waals surface area contributed by atoms with Crippen LogP contribution in [-0.2, 0) is 4.79 Å². The molecule has 4 nitrogen and oxygen atoms in total. The first-order chi connectivity index (χ1) is 10.4. The van der Waals surface area contributed by atoms with Crippen molar-refractivity contribution in [1.29, 1.82) is 0 Å².